The molecule has 2 fully saturated rings. The summed E-state index contributed by atoms with van der Waals surface area (Å²) in [7, 11) is 4.45. The van der Waals surface area contributed by atoms with Gasteiger partial charge in [0.2, 0.25) is 0 Å². The van der Waals surface area contributed by atoms with Crippen LogP contribution in [0, 0.1) is 5.92 Å². The van der Waals surface area contributed by atoms with Crippen LogP contribution in [0.15, 0.2) is 24.3 Å². The van der Waals surface area contributed by atoms with Gasteiger partial charge in [-0.1, -0.05) is 167 Å². The van der Waals surface area contributed by atoms with E-state index in [4.69, 9.17) is 18.9 Å². The van der Waals surface area contributed by atoms with E-state index >= 15 is 0 Å². The van der Waals surface area contributed by atoms with Crippen molar-refractivity contribution in [1.82, 2.24) is 4.90 Å². The molecule has 0 aromatic rings. The molecule has 2 rings (SSSR count). The lowest BCUT2D eigenvalue weighted by atomic mass is 9.90. The minimum atomic E-state index is 0.0348. The van der Waals surface area contributed by atoms with Gasteiger partial charge in [-0.25, -0.2) is 0 Å². The van der Waals surface area contributed by atoms with E-state index < -0.39 is 0 Å². The van der Waals surface area contributed by atoms with E-state index in [1.54, 1.807) is 0 Å². The third-order valence-corrected chi connectivity index (χ3v) is 12.5. The summed E-state index contributed by atoms with van der Waals surface area (Å²) in [5, 5.41) is 0. The van der Waals surface area contributed by atoms with Crippen LogP contribution in [-0.4, -0.2) is 63.5 Å². The van der Waals surface area contributed by atoms with Crippen LogP contribution >= 0.6 is 0 Å². The van der Waals surface area contributed by atoms with Crippen molar-refractivity contribution in [3.8, 4) is 0 Å². The van der Waals surface area contributed by atoms with Crippen molar-refractivity contribution in [2.24, 2.45) is 5.92 Å². The molecule has 2 unspecified atom stereocenters. The van der Waals surface area contributed by atoms with Gasteiger partial charge in [0.15, 0.2) is 12.6 Å². The van der Waals surface area contributed by atoms with Crippen molar-refractivity contribution >= 4 is 0 Å². The van der Waals surface area contributed by atoms with E-state index in [9.17, 15) is 0 Å². The third-order valence-electron chi connectivity index (χ3n) is 12.5. The fraction of sp³-hybridized carbons (Fsp3) is 0.923. The predicted octanol–water partition coefficient (Wildman–Crippen LogP) is 15.8. The zero-order valence-electron chi connectivity index (χ0n) is 38.9. The van der Waals surface area contributed by atoms with E-state index in [0.717, 1.165) is 44.8 Å². The Morgan fingerprint density at radius 1 is 0.474 bits per heavy atom. The second-order valence-corrected chi connectivity index (χ2v) is 18.4. The first-order valence-corrected chi connectivity index (χ1v) is 25.6. The molecule has 2 saturated heterocycles. The maximum absolute atomic E-state index is 6.41. The highest BCUT2D eigenvalue weighted by Gasteiger charge is 2.20. The number of rotatable bonds is 40. The number of unbranched alkanes of at least 4 members (excludes halogenated alkanes) is 18. The molecule has 0 saturated carbocycles. The van der Waals surface area contributed by atoms with Crippen molar-refractivity contribution in [3.63, 3.8) is 0 Å². The third kappa shape index (κ3) is 32.7. The molecule has 2 heterocycles. The van der Waals surface area contributed by atoms with Crippen LogP contribution in [0.25, 0.3) is 0 Å². The molecule has 0 amide bonds. The summed E-state index contributed by atoms with van der Waals surface area (Å²) in [5.41, 5.74) is 0. The first kappa shape index (κ1) is 52.4. The molecule has 2 aliphatic rings. The Labute approximate surface area is 356 Å². The quantitative estimate of drug-likeness (QED) is 0.0456. The monoisotopic (exact) mass is 802 g/mol. The van der Waals surface area contributed by atoms with Crippen LogP contribution in [-0.2, 0) is 18.9 Å². The molecule has 2 aliphatic heterocycles. The average Bonchev–Trinajstić information content (AvgIpc) is 3.22. The molecule has 5 nitrogen and oxygen atoms in total. The first-order chi connectivity index (χ1) is 28.1. The summed E-state index contributed by atoms with van der Waals surface area (Å²) in [4.78, 5) is 2.36. The molecule has 0 spiro atoms. The molecule has 5 heteroatoms. The number of ether oxygens (including phenoxy) is 4. The van der Waals surface area contributed by atoms with Crippen molar-refractivity contribution < 1.29 is 18.9 Å². The van der Waals surface area contributed by atoms with E-state index in [-0.39, 0.29) is 12.6 Å². The largest absolute Gasteiger partial charge is 0.353 e. The molecule has 57 heavy (non-hydrogen) atoms. The Morgan fingerprint density at radius 2 is 0.877 bits per heavy atom. The van der Waals surface area contributed by atoms with Gasteiger partial charge in [-0.2, -0.15) is 0 Å². The maximum Gasteiger partial charge on any atom is 0.157 e. The Balaban J connectivity index is 1.51. The van der Waals surface area contributed by atoms with Crippen LogP contribution in [0.4, 0.5) is 0 Å². The molecule has 0 aromatic carbocycles. The second kappa shape index (κ2) is 39.4. The Morgan fingerprint density at radius 3 is 1.30 bits per heavy atom. The number of nitrogens with zero attached hydrogens (tertiary/aromatic N) is 1. The summed E-state index contributed by atoms with van der Waals surface area (Å²) in [5.74, 6) is 0.938. The molecule has 0 aromatic heterocycles. The van der Waals surface area contributed by atoms with Gasteiger partial charge in [0, 0.05) is 13.2 Å². The standard InChI is InChI=1S/C52H99NO4/c1-5-7-9-27-39-49(56-51-43-31-33-46-54-51)41-29-23-19-15-11-13-17-21-25-36-48(38-35-45-53(3)4)37-26-22-18-14-12-16-20-24-30-42-50(40-28-10-8-6-2)57-52-44-32-34-47-55-52/h23-24,29-30,48-52H,5-22,25-28,31-47H2,1-4H3/b29-23-,30-24-/t48?,49-,50-,51?,52?/m1/s1. The highest BCUT2D eigenvalue weighted by atomic mass is 16.7. The molecular weight excluding hydrogens is 703 g/mol. The van der Waals surface area contributed by atoms with Crippen LogP contribution in [0.2, 0.25) is 0 Å². The number of hydrogen-bond acceptors (Lipinski definition) is 5. The summed E-state index contributed by atoms with van der Waals surface area (Å²) >= 11 is 0. The summed E-state index contributed by atoms with van der Waals surface area (Å²) in [6.07, 6.45) is 57.3. The van der Waals surface area contributed by atoms with Gasteiger partial charge in [0.05, 0.1) is 12.2 Å². The zero-order valence-corrected chi connectivity index (χ0v) is 38.9. The Kier molecular flexibility index (Phi) is 36.2. The number of allylic oxidation sites excluding steroid dienone is 2. The lowest BCUT2D eigenvalue weighted by molar-refractivity contribution is -0.189. The molecule has 0 aliphatic carbocycles. The van der Waals surface area contributed by atoms with Crippen molar-refractivity contribution in [2.75, 3.05) is 33.9 Å². The van der Waals surface area contributed by atoms with Crippen LogP contribution in [0.5, 0.6) is 0 Å². The van der Waals surface area contributed by atoms with Gasteiger partial charge < -0.3 is 23.8 Å². The molecule has 0 N–H and O–H groups in total. The van der Waals surface area contributed by atoms with Crippen molar-refractivity contribution in [1.29, 1.82) is 0 Å². The smallest absolute Gasteiger partial charge is 0.157 e. The minimum absolute atomic E-state index is 0.0348. The van der Waals surface area contributed by atoms with Gasteiger partial charge in [-0.15, -0.1) is 0 Å². The van der Waals surface area contributed by atoms with Crippen molar-refractivity contribution in [2.45, 2.75) is 270 Å². The highest BCUT2D eigenvalue weighted by molar-refractivity contribution is 4.86. The second-order valence-electron chi connectivity index (χ2n) is 18.4. The Hall–Kier alpha value is -0.720. The molecular formula is C52H99NO4. The summed E-state index contributed by atoms with van der Waals surface area (Å²) in [6, 6.07) is 0. The zero-order chi connectivity index (χ0) is 40.7. The highest BCUT2D eigenvalue weighted by Crippen LogP contribution is 2.25. The van der Waals surface area contributed by atoms with Crippen LogP contribution in [0.3, 0.4) is 0 Å². The Bertz CT molecular complexity index is 815. The SMILES string of the molecule is CCCCCC[C@H](C/C=C\CCCCCCCCC(CCCCCCCC/C=C\C[C@@H](CCCCCC)OC1CCCCO1)CCCN(C)C)OC1CCCCO1. The van der Waals surface area contributed by atoms with Gasteiger partial charge in [-0.05, 0) is 129 Å². The lowest BCUT2D eigenvalue weighted by Gasteiger charge is -2.27. The lowest BCUT2D eigenvalue weighted by Crippen LogP contribution is -2.27. The fourth-order valence-electron chi connectivity index (χ4n) is 8.81. The summed E-state index contributed by atoms with van der Waals surface area (Å²) < 4.78 is 24.6. The maximum atomic E-state index is 6.41. The molecule has 0 radical (unpaired) electrons. The molecule has 4 atom stereocenters. The van der Waals surface area contributed by atoms with Crippen LogP contribution in [0.1, 0.15) is 245 Å². The van der Waals surface area contributed by atoms with E-state index in [2.05, 4.69) is 57.1 Å². The van der Waals surface area contributed by atoms with Gasteiger partial charge in [0.1, 0.15) is 0 Å². The van der Waals surface area contributed by atoms with Gasteiger partial charge in [-0.3, -0.25) is 0 Å². The molecule has 336 valence electrons. The molecule has 0 bridgehead atoms. The van der Waals surface area contributed by atoms with E-state index in [1.807, 2.05) is 0 Å². The van der Waals surface area contributed by atoms with E-state index in [1.165, 1.54) is 212 Å². The van der Waals surface area contributed by atoms with Crippen molar-refractivity contribution in [3.05, 3.63) is 24.3 Å². The predicted molar refractivity (Wildman–Crippen MR) is 247 cm³/mol. The van der Waals surface area contributed by atoms with Gasteiger partial charge >= 0.3 is 0 Å². The van der Waals surface area contributed by atoms with Gasteiger partial charge in [0.25, 0.3) is 0 Å². The topological polar surface area (TPSA) is 40.2 Å². The van der Waals surface area contributed by atoms with Crippen LogP contribution < -0.4 is 0 Å². The number of hydrogen-bond donors (Lipinski definition) is 0. The normalized spacial score (nSPS) is 19.6. The fourth-order valence-corrected chi connectivity index (χ4v) is 8.81. The average molecular weight is 802 g/mol. The minimum Gasteiger partial charge on any atom is -0.353 e. The first-order valence-electron chi connectivity index (χ1n) is 25.6. The summed E-state index contributed by atoms with van der Waals surface area (Å²) in [6.45, 7) is 7.56. The van der Waals surface area contributed by atoms with E-state index in [0.29, 0.717) is 12.2 Å².